The summed E-state index contributed by atoms with van der Waals surface area (Å²) < 4.78 is 0. The predicted molar refractivity (Wildman–Crippen MR) is 62.9 cm³/mol. The van der Waals surface area contributed by atoms with Crippen LogP contribution in [0.1, 0.15) is 46.0 Å². The van der Waals surface area contributed by atoms with E-state index in [1.165, 1.54) is 31.1 Å². The number of carbonyl (C=O) groups is 1. The van der Waals surface area contributed by atoms with E-state index in [1.807, 2.05) is 0 Å². The van der Waals surface area contributed by atoms with Crippen LogP contribution >= 0.6 is 12.2 Å². The molecule has 3 nitrogen and oxygen atoms in total. The molecule has 0 aromatic rings. The molecule has 2 N–H and O–H groups in total. The molecule has 0 aliphatic carbocycles. The van der Waals surface area contributed by atoms with Crippen LogP contribution in [0.15, 0.2) is 0 Å². The molecule has 0 saturated carbocycles. The summed E-state index contributed by atoms with van der Waals surface area (Å²) in [6.07, 6.45) is 5.83. The highest BCUT2D eigenvalue weighted by atomic mass is 32.1. The van der Waals surface area contributed by atoms with Crippen LogP contribution in [-0.4, -0.2) is 22.5 Å². The summed E-state index contributed by atoms with van der Waals surface area (Å²) >= 11 is 4.78. The summed E-state index contributed by atoms with van der Waals surface area (Å²) in [6, 6.07) is 0. The van der Waals surface area contributed by atoms with Crippen LogP contribution in [0.3, 0.4) is 0 Å². The molecule has 1 amide bonds. The molecule has 4 heteroatoms. The first kappa shape index (κ1) is 13.4. The molecule has 0 bridgehead atoms. The third-order valence-corrected chi connectivity index (χ3v) is 2.35. The van der Waals surface area contributed by atoms with Crippen molar-refractivity contribution in [3.63, 3.8) is 0 Å². The number of hydrogen-bond acceptors (Lipinski definition) is 2. The standard InChI is InChI=1S/C10H20N2OS/c1-3-4-5-6-7-8-12(9(2)13)10(11)14/h3-8H2,1-2H3,(H2,11,14). The van der Waals surface area contributed by atoms with E-state index in [2.05, 4.69) is 6.92 Å². The Morgan fingerprint density at radius 1 is 1.29 bits per heavy atom. The van der Waals surface area contributed by atoms with E-state index in [9.17, 15) is 4.79 Å². The van der Waals surface area contributed by atoms with Crippen LogP contribution < -0.4 is 5.73 Å². The van der Waals surface area contributed by atoms with E-state index in [-0.39, 0.29) is 11.0 Å². The Labute approximate surface area is 91.6 Å². The van der Waals surface area contributed by atoms with Gasteiger partial charge in [0.05, 0.1) is 0 Å². The minimum atomic E-state index is -0.0620. The summed E-state index contributed by atoms with van der Waals surface area (Å²) in [7, 11) is 0. The molecule has 0 radical (unpaired) electrons. The largest absolute Gasteiger partial charge is 0.376 e. The Morgan fingerprint density at radius 2 is 1.86 bits per heavy atom. The van der Waals surface area contributed by atoms with Gasteiger partial charge in [0, 0.05) is 13.5 Å². The van der Waals surface area contributed by atoms with E-state index >= 15 is 0 Å². The van der Waals surface area contributed by atoms with Gasteiger partial charge in [0.2, 0.25) is 5.91 Å². The number of nitrogens with two attached hydrogens (primary N) is 1. The van der Waals surface area contributed by atoms with Crippen molar-refractivity contribution in [1.82, 2.24) is 4.90 Å². The number of nitrogens with zero attached hydrogens (tertiary/aromatic N) is 1. The van der Waals surface area contributed by atoms with Gasteiger partial charge in [0.15, 0.2) is 5.11 Å². The molecule has 0 spiro atoms. The fraction of sp³-hybridized carbons (Fsp3) is 0.800. The normalized spacial score (nSPS) is 9.86. The number of thiocarbonyl (C=S) groups is 1. The third kappa shape index (κ3) is 5.91. The minimum Gasteiger partial charge on any atom is -0.376 e. The van der Waals surface area contributed by atoms with Crippen LogP contribution in [0.25, 0.3) is 0 Å². The highest BCUT2D eigenvalue weighted by molar-refractivity contribution is 7.80. The maximum Gasteiger partial charge on any atom is 0.225 e. The number of hydrogen-bond donors (Lipinski definition) is 1. The summed E-state index contributed by atoms with van der Waals surface area (Å²) in [4.78, 5) is 12.5. The molecule has 0 saturated heterocycles. The maximum atomic E-state index is 11.1. The monoisotopic (exact) mass is 216 g/mol. The third-order valence-electron chi connectivity index (χ3n) is 2.13. The lowest BCUT2D eigenvalue weighted by atomic mass is 10.1. The lowest BCUT2D eigenvalue weighted by Crippen LogP contribution is -2.39. The van der Waals surface area contributed by atoms with Gasteiger partial charge in [-0.05, 0) is 18.6 Å². The van der Waals surface area contributed by atoms with Crippen LogP contribution in [-0.2, 0) is 4.79 Å². The zero-order valence-corrected chi connectivity index (χ0v) is 9.90. The quantitative estimate of drug-likeness (QED) is 0.546. The summed E-state index contributed by atoms with van der Waals surface area (Å²) in [5, 5.41) is 0.188. The molecule has 82 valence electrons. The van der Waals surface area contributed by atoms with Crippen LogP contribution in [0.5, 0.6) is 0 Å². The molecule has 0 heterocycles. The van der Waals surface area contributed by atoms with Gasteiger partial charge in [-0.2, -0.15) is 0 Å². The zero-order valence-electron chi connectivity index (χ0n) is 9.08. The van der Waals surface area contributed by atoms with Crippen molar-refractivity contribution in [2.75, 3.05) is 6.54 Å². The zero-order chi connectivity index (χ0) is 11.0. The molecule has 0 unspecified atom stereocenters. The Hall–Kier alpha value is -0.640. The second-order valence-corrected chi connectivity index (χ2v) is 3.84. The van der Waals surface area contributed by atoms with Crippen molar-refractivity contribution in [2.24, 2.45) is 5.73 Å². The molecular formula is C10H20N2OS. The Kier molecular flexibility index (Phi) is 7.38. The molecule has 0 atom stereocenters. The average Bonchev–Trinajstić information content (AvgIpc) is 2.09. The van der Waals surface area contributed by atoms with E-state index in [4.69, 9.17) is 18.0 Å². The van der Waals surface area contributed by atoms with E-state index in [1.54, 1.807) is 0 Å². The summed E-state index contributed by atoms with van der Waals surface area (Å²) in [5.74, 6) is -0.0620. The molecule has 0 aliphatic rings. The second-order valence-electron chi connectivity index (χ2n) is 3.42. The van der Waals surface area contributed by atoms with Gasteiger partial charge in [0.1, 0.15) is 0 Å². The first-order valence-corrected chi connectivity index (χ1v) is 5.58. The van der Waals surface area contributed by atoms with E-state index in [0.29, 0.717) is 6.54 Å². The van der Waals surface area contributed by atoms with Gasteiger partial charge >= 0.3 is 0 Å². The van der Waals surface area contributed by atoms with Gasteiger partial charge < -0.3 is 5.73 Å². The van der Waals surface area contributed by atoms with Crippen LogP contribution in [0.4, 0.5) is 0 Å². The average molecular weight is 216 g/mol. The second kappa shape index (κ2) is 7.74. The highest BCUT2D eigenvalue weighted by Crippen LogP contribution is 2.04. The maximum absolute atomic E-state index is 11.1. The topological polar surface area (TPSA) is 46.3 Å². The summed E-state index contributed by atoms with van der Waals surface area (Å²) in [6.45, 7) is 4.33. The Balaban J connectivity index is 3.62. The molecule has 14 heavy (non-hydrogen) atoms. The fourth-order valence-corrected chi connectivity index (χ4v) is 1.52. The predicted octanol–water partition coefficient (Wildman–Crippen LogP) is 2.05. The fourth-order valence-electron chi connectivity index (χ4n) is 1.30. The van der Waals surface area contributed by atoms with Crippen molar-refractivity contribution >= 4 is 23.2 Å². The van der Waals surface area contributed by atoms with Gasteiger partial charge in [0.25, 0.3) is 0 Å². The van der Waals surface area contributed by atoms with E-state index < -0.39 is 0 Å². The van der Waals surface area contributed by atoms with Crippen LogP contribution in [0, 0.1) is 0 Å². The molecule has 0 fully saturated rings. The molecule has 0 aromatic heterocycles. The highest BCUT2D eigenvalue weighted by Gasteiger charge is 2.09. The molecule has 0 aliphatic heterocycles. The Morgan fingerprint density at radius 3 is 2.29 bits per heavy atom. The molecule has 0 rings (SSSR count). The lowest BCUT2D eigenvalue weighted by molar-refractivity contribution is -0.125. The smallest absolute Gasteiger partial charge is 0.225 e. The molecular weight excluding hydrogens is 196 g/mol. The lowest BCUT2D eigenvalue weighted by Gasteiger charge is -2.18. The number of amides is 1. The summed E-state index contributed by atoms with van der Waals surface area (Å²) in [5.41, 5.74) is 5.42. The number of rotatable bonds is 6. The number of carbonyl (C=O) groups excluding carboxylic acids is 1. The van der Waals surface area contributed by atoms with Crippen molar-refractivity contribution in [3.05, 3.63) is 0 Å². The number of unbranched alkanes of at least 4 members (excludes halogenated alkanes) is 4. The van der Waals surface area contributed by atoms with Gasteiger partial charge in [-0.15, -0.1) is 0 Å². The first-order chi connectivity index (χ1) is 6.59. The Bertz CT molecular complexity index is 181. The van der Waals surface area contributed by atoms with Crippen LogP contribution in [0.2, 0.25) is 0 Å². The van der Waals surface area contributed by atoms with Gasteiger partial charge in [-0.25, -0.2) is 0 Å². The van der Waals surface area contributed by atoms with E-state index in [0.717, 1.165) is 12.8 Å². The SMILES string of the molecule is CCCCCCCN(C(C)=O)C(N)=S. The van der Waals surface area contributed by atoms with Crippen molar-refractivity contribution in [1.29, 1.82) is 0 Å². The van der Waals surface area contributed by atoms with Gasteiger partial charge in [-0.1, -0.05) is 32.6 Å². The van der Waals surface area contributed by atoms with Crippen molar-refractivity contribution < 1.29 is 4.79 Å². The minimum absolute atomic E-state index is 0.0620. The van der Waals surface area contributed by atoms with Crippen molar-refractivity contribution in [3.8, 4) is 0 Å². The van der Waals surface area contributed by atoms with Gasteiger partial charge in [-0.3, -0.25) is 9.69 Å². The van der Waals surface area contributed by atoms with Crippen molar-refractivity contribution in [2.45, 2.75) is 46.0 Å². The first-order valence-electron chi connectivity index (χ1n) is 5.17. The molecule has 0 aromatic carbocycles.